The molecular weight excluding hydrogens is 348 g/mol. The van der Waals surface area contributed by atoms with E-state index in [-0.39, 0.29) is 18.4 Å². The Labute approximate surface area is 158 Å². The second-order valence-corrected chi connectivity index (χ2v) is 8.19. The maximum Gasteiger partial charge on any atom is 0.328 e. The van der Waals surface area contributed by atoms with Gasteiger partial charge < -0.3 is 14.7 Å². The molecule has 2 fully saturated rings. The van der Waals surface area contributed by atoms with E-state index >= 15 is 0 Å². The van der Waals surface area contributed by atoms with Gasteiger partial charge in [0.2, 0.25) is 5.91 Å². The molecule has 146 valence electrons. The zero-order valence-electron chi connectivity index (χ0n) is 16.0. The number of carbonyl (C=O) groups is 3. The molecule has 0 saturated carbocycles. The Kier molecular flexibility index (Phi) is 4.99. The number of ether oxygens (including phenoxy) is 1. The summed E-state index contributed by atoms with van der Waals surface area (Å²) in [7, 11) is 0. The summed E-state index contributed by atoms with van der Waals surface area (Å²) >= 11 is 0. The highest BCUT2D eigenvalue weighted by Gasteiger charge is 2.54. The number of hydrogen-bond donors (Lipinski definition) is 1. The molecular formula is C20H26N2O5. The SMILES string of the molecule is CC(C)(C)C(=O)N1CCC2(CC1)OC[C@H](C(=O)O)N2C(=O)c1ccccc1. The number of amides is 2. The molecule has 7 nitrogen and oxygen atoms in total. The van der Waals surface area contributed by atoms with Gasteiger partial charge >= 0.3 is 5.97 Å². The van der Waals surface area contributed by atoms with Crippen LogP contribution < -0.4 is 0 Å². The van der Waals surface area contributed by atoms with E-state index in [1.807, 2.05) is 20.8 Å². The molecule has 7 heteroatoms. The van der Waals surface area contributed by atoms with Crippen LogP contribution in [0.15, 0.2) is 30.3 Å². The number of carboxylic acid groups (broad SMARTS) is 1. The van der Waals surface area contributed by atoms with Gasteiger partial charge in [0.05, 0.1) is 6.61 Å². The lowest BCUT2D eigenvalue weighted by atomic mass is 9.91. The van der Waals surface area contributed by atoms with Gasteiger partial charge in [0, 0.05) is 36.9 Å². The molecule has 1 atom stereocenters. The number of piperidine rings is 1. The Hall–Kier alpha value is -2.41. The predicted molar refractivity (Wildman–Crippen MR) is 98.0 cm³/mol. The Morgan fingerprint density at radius 3 is 2.22 bits per heavy atom. The second kappa shape index (κ2) is 6.96. The van der Waals surface area contributed by atoms with Crippen molar-refractivity contribution in [1.29, 1.82) is 0 Å². The summed E-state index contributed by atoms with van der Waals surface area (Å²) < 4.78 is 5.91. The molecule has 0 aromatic heterocycles. The quantitative estimate of drug-likeness (QED) is 0.855. The normalized spacial score (nSPS) is 22.1. The minimum absolute atomic E-state index is 0.0406. The highest BCUT2D eigenvalue weighted by Crippen LogP contribution is 2.39. The van der Waals surface area contributed by atoms with Crippen molar-refractivity contribution in [3.63, 3.8) is 0 Å². The minimum Gasteiger partial charge on any atom is -0.480 e. The molecule has 27 heavy (non-hydrogen) atoms. The fourth-order valence-corrected chi connectivity index (χ4v) is 3.81. The zero-order valence-corrected chi connectivity index (χ0v) is 16.0. The maximum absolute atomic E-state index is 13.1. The van der Waals surface area contributed by atoms with E-state index in [4.69, 9.17) is 4.74 Å². The third-order valence-corrected chi connectivity index (χ3v) is 5.26. The lowest BCUT2D eigenvalue weighted by Gasteiger charge is -2.45. The topological polar surface area (TPSA) is 87.2 Å². The summed E-state index contributed by atoms with van der Waals surface area (Å²) in [4.78, 5) is 40.5. The number of rotatable bonds is 2. The zero-order chi connectivity index (χ0) is 19.8. The van der Waals surface area contributed by atoms with Gasteiger partial charge in [-0.05, 0) is 12.1 Å². The Morgan fingerprint density at radius 2 is 1.70 bits per heavy atom. The van der Waals surface area contributed by atoms with E-state index < -0.39 is 23.2 Å². The van der Waals surface area contributed by atoms with Crippen molar-refractivity contribution in [1.82, 2.24) is 9.80 Å². The van der Waals surface area contributed by atoms with E-state index in [9.17, 15) is 19.5 Å². The van der Waals surface area contributed by atoms with Gasteiger partial charge in [-0.15, -0.1) is 0 Å². The molecule has 0 bridgehead atoms. The number of nitrogens with zero attached hydrogens (tertiary/aromatic N) is 2. The Bertz CT molecular complexity index is 732. The summed E-state index contributed by atoms with van der Waals surface area (Å²) in [6.45, 7) is 6.44. The largest absolute Gasteiger partial charge is 0.480 e. The van der Waals surface area contributed by atoms with Crippen LogP contribution in [0.4, 0.5) is 0 Å². The van der Waals surface area contributed by atoms with Crippen molar-refractivity contribution in [3.8, 4) is 0 Å². The van der Waals surface area contributed by atoms with E-state index in [1.165, 1.54) is 4.90 Å². The predicted octanol–water partition coefficient (Wildman–Crippen LogP) is 1.98. The number of carboxylic acids is 1. The van der Waals surface area contributed by atoms with Crippen LogP contribution in [0.1, 0.15) is 44.0 Å². The molecule has 1 N–H and O–H groups in total. The van der Waals surface area contributed by atoms with Gasteiger partial charge in [-0.25, -0.2) is 4.79 Å². The number of hydrogen-bond acceptors (Lipinski definition) is 4. The lowest BCUT2D eigenvalue weighted by molar-refractivity contribution is -0.152. The monoisotopic (exact) mass is 374 g/mol. The van der Waals surface area contributed by atoms with E-state index in [0.29, 0.717) is 31.5 Å². The molecule has 1 spiro atoms. The van der Waals surface area contributed by atoms with Crippen molar-refractivity contribution in [2.75, 3.05) is 19.7 Å². The molecule has 2 heterocycles. The summed E-state index contributed by atoms with van der Waals surface area (Å²) in [5.74, 6) is -1.38. The van der Waals surface area contributed by atoms with Gasteiger partial charge in [-0.2, -0.15) is 0 Å². The van der Waals surface area contributed by atoms with E-state index in [1.54, 1.807) is 35.2 Å². The van der Waals surface area contributed by atoms with Crippen LogP contribution in [-0.2, 0) is 14.3 Å². The molecule has 0 aliphatic carbocycles. The van der Waals surface area contributed by atoms with Crippen LogP contribution in [0.2, 0.25) is 0 Å². The summed E-state index contributed by atoms with van der Waals surface area (Å²) in [5.41, 5.74) is -1.03. The molecule has 2 aliphatic rings. The highest BCUT2D eigenvalue weighted by atomic mass is 16.5. The smallest absolute Gasteiger partial charge is 0.328 e. The van der Waals surface area contributed by atoms with Crippen LogP contribution in [-0.4, -0.2) is 64.2 Å². The number of likely N-dealkylation sites (tertiary alicyclic amines) is 1. The Balaban J connectivity index is 1.85. The van der Waals surface area contributed by atoms with Crippen molar-refractivity contribution < 1.29 is 24.2 Å². The molecule has 3 rings (SSSR count). The first-order chi connectivity index (χ1) is 12.7. The fraction of sp³-hybridized carbons (Fsp3) is 0.550. The molecule has 2 amide bonds. The summed E-state index contributed by atoms with van der Waals surface area (Å²) in [5, 5.41) is 9.60. The summed E-state index contributed by atoms with van der Waals surface area (Å²) in [6, 6.07) is 7.62. The number of benzene rings is 1. The van der Waals surface area contributed by atoms with Crippen molar-refractivity contribution in [2.24, 2.45) is 5.41 Å². The maximum atomic E-state index is 13.1. The van der Waals surface area contributed by atoms with E-state index in [0.717, 1.165) is 0 Å². The first-order valence-electron chi connectivity index (χ1n) is 9.20. The van der Waals surface area contributed by atoms with E-state index in [2.05, 4.69) is 0 Å². The molecule has 1 aromatic carbocycles. The number of aliphatic carboxylic acids is 1. The molecule has 0 unspecified atom stereocenters. The Morgan fingerprint density at radius 1 is 1.11 bits per heavy atom. The van der Waals surface area contributed by atoms with Gasteiger partial charge in [0.25, 0.3) is 5.91 Å². The van der Waals surface area contributed by atoms with Crippen molar-refractivity contribution in [2.45, 2.75) is 45.4 Å². The van der Waals surface area contributed by atoms with Crippen LogP contribution in [0.3, 0.4) is 0 Å². The second-order valence-electron chi connectivity index (χ2n) is 8.19. The van der Waals surface area contributed by atoms with Crippen molar-refractivity contribution >= 4 is 17.8 Å². The van der Waals surface area contributed by atoms with Crippen molar-refractivity contribution in [3.05, 3.63) is 35.9 Å². The molecule has 1 aromatic rings. The fourth-order valence-electron chi connectivity index (χ4n) is 3.81. The number of carbonyl (C=O) groups excluding carboxylic acids is 2. The first-order valence-corrected chi connectivity index (χ1v) is 9.20. The third kappa shape index (κ3) is 3.56. The van der Waals surface area contributed by atoms with Gasteiger partial charge in [-0.3, -0.25) is 14.5 Å². The van der Waals surface area contributed by atoms with Crippen LogP contribution in [0.5, 0.6) is 0 Å². The summed E-state index contributed by atoms with van der Waals surface area (Å²) in [6.07, 6.45) is 0.800. The van der Waals surface area contributed by atoms with Crippen LogP contribution >= 0.6 is 0 Å². The average molecular weight is 374 g/mol. The standard InChI is InChI=1S/C20H26N2O5/c1-19(2,3)18(26)21-11-9-20(10-12-21)22(15(13-27-20)17(24)25)16(23)14-7-5-4-6-8-14/h4-8,15H,9-13H2,1-3H3,(H,24,25)/t15-/m1/s1. The van der Waals surface area contributed by atoms with Crippen LogP contribution in [0, 0.1) is 5.41 Å². The minimum atomic E-state index is -1.08. The van der Waals surface area contributed by atoms with Gasteiger partial charge in [0.15, 0.2) is 6.04 Å². The molecule has 2 aliphatic heterocycles. The highest BCUT2D eigenvalue weighted by molar-refractivity contribution is 5.97. The first kappa shape index (κ1) is 19.4. The average Bonchev–Trinajstić information content (AvgIpc) is 3.00. The van der Waals surface area contributed by atoms with Crippen LogP contribution in [0.25, 0.3) is 0 Å². The molecule has 0 radical (unpaired) electrons. The van der Waals surface area contributed by atoms with Gasteiger partial charge in [-0.1, -0.05) is 39.0 Å². The lowest BCUT2D eigenvalue weighted by Crippen LogP contribution is -2.59. The molecule has 2 saturated heterocycles. The third-order valence-electron chi connectivity index (χ3n) is 5.26. The van der Waals surface area contributed by atoms with Gasteiger partial charge in [0.1, 0.15) is 5.72 Å².